The number of aryl methyl sites for hydroxylation is 1. The molecule has 0 fully saturated rings. The number of hydrogen-bond donors (Lipinski definition) is 1. The van der Waals surface area contributed by atoms with Crippen LogP contribution in [0.15, 0.2) is 0 Å². The molecule has 0 spiro atoms. The average Bonchev–Trinajstić information content (AvgIpc) is 2.54. The number of rotatable bonds is 5. The van der Waals surface area contributed by atoms with E-state index in [9.17, 15) is 14.9 Å². The minimum atomic E-state index is -0.597. The molecule has 1 aromatic heterocycles. The van der Waals surface area contributed by atoms with Crippen LogP contribution in [0.4, 0.5) is 11.6 Å². The van der Waals surface area contributed by atoms with Gasteiger partial charge in [-0.3, -0.25) is 9.36 Å². The molecular formula is C9H14N4O4. The molecule has 0 saturated carbocycles. The summed E-state index contributed by atoms with van der Waals surface area (Å²) in [6.45, 7) is 3.47. The number of hydrogen-bond acceptors (Lipinski definition) is 6. The Bertz CT molecular complexity index is 440. The van der Waals surface area contributed by atoms with Gasteiger partial charge in [0, 0.05) is 14.0 Å². The van der Waals surface area contributed by atoms with Gasteiger partial charge < -0.3 is 20.2 Å². The maximum absolute atomic E-state index is 11.1. The average molecular weight is 242 g/mol. The molecule has 0 bridgehead atoms. The lowest BCUT2D eigenvalue weighted by atomic mass is 10.5. The number of carbonyl (C=O) groups excluding carboxylic acids is 1. The Balaban J connectivity index is 2.83. The summed E-state index contributed by atoms with van der Waals surface area (Å²) in [6.07, 6.45) is 0. The first-order chi connectivity index (χ1) is 7.97. The molecule has 1 N–H and O–H groups in total. The van der Waals surface area contributed by atoms with Crippen molar-refractivity contribution in [2.45, 2.75) is 13.8 Å². The van der Waals surface area contributed by atoms with Gasteiger partial charge in [0.15, 0.2) is 0 Å². The highest BCUT2D eigenvalue weighted by atomic mass is 16.6. The fourth-order valence-corrected chi connectivity index (χ4v) is 1.29. The summed E-state index contributed by atoms with van der Waals surface area (Å²) in [5.41, 5.74) is 0. The van der Waals surface area contributed by atoms with Crippen LogP contribution in [0.1, 0.15) is 12.7 Å². The maximum Gasteiger partial charge on any atom is 0.406 e. The topological polar surface area (TPSA) is 99.3 Å². The second-order valence-corrected chi connectivity index (χ2v) is 3.31. The molecule has 0 amide bonds. The monoisotopic (exact) mass is 242 g/mol. The van der Waals surface area contributed by atoms with Crippen molar-refractivity contribution in [2.75, 3.05) is 18.5 Å². The SMILES string of the molecule is CCOC(=O)CNc1c([N+](=O)[O-])nc(C)n1C. The normalized spacial score (nSPS) is 10.1. The summed E-state index contributed by atoms with van der Waals surface area (Å²) in [4.78, 5) is 25.0. The number of nitrogens with one attached hydrogen (secondary N) is 1. The van der Waals surface area contributed by atoms with E-state index in [1.54, 1.807) is 20.9 Å². The van der Waals surface area contributed by atoms with E-state index in [2.05, 4.69) is 10.3 Å². The highest BCUT2D eigenvalue weighted by Gasteiger charge is 2.23. The first-order valence-corrected chi connectivity index (χ1v) is 5.04. The number of nitro groups is 1. The smallest absolute Gasteiger partial charge is 0.406 e. The van der Waals surface area contributed by atoms with E-state index in [-0.39, 0.29) is 24.8 Å². The van der Waals surface area contributed by atoms with Crippen LogP contribution in [0.3, 0.4) is 0 Å². The van der Waals surface area contributed by atoms with Crippen molar-refractivity contribution in [2.24, 2.45) is 7.05 Å². The summed E-state index contributed by atoms with van der Waals surface area (Å²) in [5, 5.41) is 13.4. The van der Waals surface area contributed by atoms with Gasteiger partial charge in [0.1, 0.15) is 6.54 Å². The second kappa shape index (κ2) is 5.28. The Morgan fingerprint density at radius 1 is 1.65 bits per heavy atom. The molecule has 8 nitrogen and oxygen atoms in total. The zero-order valence-corrected chi connectivity index (χ0v) is 9.89. The number of anilines is 1. The molecule has 0 atom stereocenters. The van der Waals surface area contributed by atoms with Gasteiger partial charge in [-0.2, -0.15) is 0 Å². The molecule has 1 heterocycles. The number of nitrogens with zero attached hydrogens (tertiary/aromatic N) is 3. The van der Waals surface area contributed by atoms with Crippen molar-refractivity contribution in [3.8, 4) is 0 Å². The van der Waals surface area contributed by atoms with Crippen LogP contribution >= 0.6 is 0 Å². The number of aromatic nitrogens is 2. The summed E-state index contributed by atoms with van der Waals surface area (Å²) in [7, 11) is 1.63. The molecule has 0 aromatic carbocycles. The quantitative estimate of drug-likeness (QED) is 0.461. The predicted molar refractivity (Wildman–Crippen MR) is 59.7 cm³/mol. The van der Waals surface area contributed by atoms with Gasteiger partial charge in [-0.15, -0.1) is 0 Å². The third-order valence-electron chi connectivity index (χ3n) is 2.18. The highest BCUT2D eigenvalue weighted by Crippen LogP contribution is 2.23. The summed E-state index contributed by atoms with van der Waals surface area (Å²) in [6, 6.07) is 0. The maximum atomic E-state index is 11.1. The Morgan fingerprint density at radius 2 is 2.29 bits per heavy atom. The minimum absolute atomic E-state index is 0.131. The van der Waals surface area contributed by atoms with E-state index in [1.807, 2.05) is 0 Å². The van der Waals surface area contributed by atoms with E-state index < -0.39 is 10.9 Å². The lowest BCUT2D eigenvalue weighted by Gasteiger charge is -2.05. The molecular weight excluding hydrogens is 228 g/mol. The summed E-state index contributed by atoms with van der Waals surface area (Å²) in [5.74, 6) is -0.0847. The zero-order valence-electron chi connectivity index (χ0n) is 9.89. The van der Waals surface area contributed by atoms with E-state index in [0.717, 1.165) is 0 Å². The molecule has 0 unspecified atom stereocenters. The van der Waals surface area contributed by atoms with Gasteiger partial charge in [-0.25, -0.2) is 0 Å². The van der Waals surface area contributed by atoms with E-state index in [4.69, 9.17) is 4.74 Å². The van der Waals surface area contributed by atoms with Gasteiger partial charge in [-0.05, 0) is 16.8 Å². The number of carbonyl (C=O) groups is 1. The lowest BCUT2D eigenvalue weighted by Crippen LogP contribution is -2.18. The third-order valence-corrected chi connectivity index (χ3v) is 2.18. The van der Waals surface area contributed by atoms with Crippen molar-refractivity contribution in [3.63, 3.8) is 0 Å². The van der Waals surface area contributed by atoms with Crippen LogP contribution in [0.25, 0.3) is 0 Å². The van der Waals surface area contributed by atoms with Crippen LogP contribution in [0.5, 0.6) is 0 Å². The van der Waals surface area contributed by atoms with Gasteiger partial charge in [0.2, 0.25) is 11.6 Å². The van der Waals surface area contributed by atoms with Crippen LogP contribution in [0.2, 0.25) is 0 Å². The van der Waals surface area contributed by atoms with Gasteiger partial charge in [0.25, 0.3) is 0 Å². The third kappa shape index (κ3) is 2.92. The number of imidazole rings is 1. The fourth-order valence-electron chi connectivity index (χ4n) is 1.29. The number of ether oxygens (including phenoxy) is 1. The largest absolute Gasteiger partial charge is 0.465 e. The van der Waals surface area contributed by atoms with Crippen molar-refractivity contribution in [1.82, 2.24) is 9.55 Å². The highest BCUT2D eigenvalue weighted by molar-refractivity contribution is 5.75. The molecule has 94 valence electrons. The molecule has 1 aromatic rings. The van der Waals surface area contributed by atoms with E-state index in [1.165, 1.54) is 4.57 Å². The van der Waals surface area contributed by atoms with E-state index in [0.29, 0.717) is 5.82 Å². The summed E-state index contributed by atoms with van der Waals surface area (Å²) < 4.78 is 6.22. The van der Waals surface area contributed by atoms with Gasteiger partial charge >= 0.3 is 11.8 Å². The molecule has 0 aliphatic carbocycles. The van der Waals surface area contributed by atoms with Crippen LogP contribution in [-0.4, -0.2) is 33.6 Å². The zero-order chi connectivity index (χ0) is 13.0. The van der Waals surface area contributed by atoms with Crippen LogP contribution in [-0.2, 0) is 16.6 Å². The molecule has 17 heavy (non-hydrogen) atoms. The first kappa shape index (κ1) is 12.9. The lowest BCUT2D eigenvalue weighted by molar-refractivity contribution is -0.388. The summed E-state index contributed by atoms with van der Waals surface area (Å²) >= 11 is 0. The molecule has 0 aliphatic heterocycles. The Kier molecular flexibility index (Phi) is 4.02. The first-order valence-electron chi connectivity index (χ1n) is 5.04. The molecule has 0 radical (unpaired) electrons. The van der Waals surface area contributed by atoms with Crippen LogP contribution in [0, 0.1) is 17.0 Å². The Morgan fingerprint density at radius 3 is 2.82 bits per heavy atom. The number of esters is 1. The molecule has 0 aliphatic rings. The Labute approximate surface area is 97.7 Å². The van der Waals surface area contributed by atoms with Gasteiger partial charge in [-0.1, -0.05) is 0 Å². The minimum Gasteiger partial charge on any atom is -0.465 e. The van der Waals surface area contributed by atoms with E-state index >= 15 is 0 Å². The van der Waals surface area contributed by atoms with Crippen molar-refractivity contribution < 1.29 is 14.5 Å². The standard InChI is InChI=1S/C9H14N4O4/c1-4-17-7(14)5-10-8-9(13(15)16)11-6(2)12(8)3/h10H,4-5H2,1-3H3. The molecule has 0 saturated heterocycles. The van der Waals surface area contributed by atoms with Crippen molar-refractivity contribution in [3.05, 3.63) is 15.9 Å². The Hall–Kier alpha value is -2.12. The second-order valence-electron chi connectivity index (χ2n) is 3.31. The predicted octanol–water partition coefficient (Wildman–Crippen LogP) is 0.612. The van der Waals surface area contributed by atoms with Crippen molar-refractivity contribution in [1.29, 1.82) is 0 Å². The van der Waals surface area contributed by atoms with Crippen LogP contribution < -0.4 is 5.32 Å². The molecule has 1 rings (SSSR count). The van der Waals surface area contributed by atoms with Crippen molar-refractivity contribution >= 4 is 17.6 Å². The molecule has 8 heteroatoms. The fraction of sp³-hybridized carbons (Fsp3) is 0.556. The van der Waals surface area contributed by atoms with Gasteiger partial charge in [0.05, 0.1) is 6.61 Å².